The number of pyridine rings is 1. The molecule has 1 amide bonds. The van der Waals surface area contributed by atoms with Gasteiger partial charge in [0.1, 0.15) is 17.3 Å². The second kappa shape index (κ2) is 7.41. The molecule has 0 radical (unpaired) electrons. The van der Waals surface area contributed by atoms with Crippen LogP contribution in [-0.2, 0) is 4.79 Å². The largest absolute Gasteiger partial charge is 0.346 e. The number of H-pyrrole nitrogens is 1. The van der Waals surface area contributed by atoms with Gasteiger partial charge in [0, 0.05) is 23.5 Å². The first-order valence-corrected chi connectivity index (χ1v) is 6.54. The van der Waals surface area contributed by atoms with Crippen molar-refractivity contribution in [3.8, 4) is 6.07 Å². The first-order chi connectivity index (χ1) is 10.7. The van der Waals surface area contributed by atoms with Crippen molar-refractivity contribution in [1.82, 2.24) is 9.97 Å². The number of carbonyl (C=O) groups is 1. The molecule has 2 heterocycles. The standard InChI is InChI=1S/C10H8N2O.C7H6N2/c1-8(7-11)10(13)12-9-5-3-2-4-6-9;1-2-6-3-5-9-7(6)8-4-1/h2-6H,1H2,(H,12,13);1-5H,(H,8,9). The summed E-state index contributed by atoms with van der Waals surface area (Å²) >= 11 is 0. The smallest absolute Gasteiger partial charge is 0.265 e. The normalized spacial score (nSPS) is 9.23. The summed E-state index contributed by atoms with van der Waals surface area (Å²) in [7, 11) is 0. The van der Waals surface area contributed by atoms with Crippen LogP contribution in [0.15, 0.2) is 73.1 Å². The van der Waals surface area contributed by atoms with E-state index < -0.39 is 5.91 Å². The van der Waals surface area contributed by atoms with Crippen LogP contribution in [0.1, 0.15) is 0 Å². The molecule has 0 aliphatic heterocycles. The number of aromatic nitrogens is 2. The van der Waals surface area contributed by atoms with Gasteiger partial charge in [-0.3, -0.25) is 4.79 Å². The Morgan fingerprint density at radius 1 is 1.18 bits per heavy atom. The molecule has 2 aromatic heterocycles. The van der Waals surface area contributed by atoms with Crippen LogP contribution in [0, 0.1) is 11.3 Å². The number of fused-ring (bicyclic) bond motifs is 1. The number of nitriles is 1. The highest BCUT2D eigenvalue weighted by Crippen LogP contribution is 2.06. The number of nitrogens with one attached hydrogen (secondary N) is 2. The summed E-state index contributed by atoms with van der Waals surface area (Å²) in [5, 5.41) is 12.1. The lowest BCUT2D eigenvalue weighted by Gasteiger charge is -2.01. The van der Waals surface area contributed by atoms with Gasteiger partial charge in [0.2, 0.25) is 0 Å². The molecule has 5 heteroatoms. The van der Waals surface area contributed by atoms with Crippen LogP contribution in [-0.4, -0.2) is 15.9 Å². The second-order valence-corrected chi connectivity index (χ2v) is 4.33. The minimum absolute atomic E-state index is 0.0937. The predicted molar refractivity (Wildman–Crippen MR) is 85.9 cm³/mol. The van der Waals surface area contributed by atoms with E-state index in [9.17, 15) is 4.79 Å². The summed E-state index contributed by atoms with van der Waals surface area (Å²) in [6, 6.07) is 16.5. The number of hydrogen-bond donors (Lipinski definition) is 2. The Kier molecular flexibility index (Phi) is 5.05. The highest BCUT2D eigenvalue weighted by atomic mass is 16.1. The first kappa shape index (κ1) is 15.0. The molecule has 0 unspecified atom stereocenters. The lowest BCUT2D eigenvalue weighted by atomic mass is 10.3. The van der Waals surface area contributed by atoms with E-state index in [0.717, 1.165) is 11.0 Å². The van der Waals surface area contributed by atoms with Crippen molar-refractivity contribution in [3.05, 3.63) is 73.1 Å². The summed E-state index contributed by atoms with van der Waals surface area (Å²) in [6.45, 7) is 3.30. The number of amides is 1. The summed E-state index contributed by atoms with van der Waals surface area (Å²) < 4.78 is 0. The Morgan fingerprint density at radius 2 is 1.95 bits per heavy atom. The van der Waals surface area contributed by atoms with Gasteiger partial charge in [-0.25, -0.2) is 4.98 Å². The summed E-state index contributed by atoms with van der Waals surface area (Å²) in [6.07, 6.45) is 3.66. The Balaban J connectivity index is 0.000000170. The maximum atomic E-state index is 11.1. The monoisotopic (exact) mass is 290 g/mol. The predicted octanol–water partition coefficient (Wildman–Crippen LogP) is 3.27. The van der Waals surface area contributed by atoms with Crippen LogP contribution in [0.25, 0.3) is 11.0 Å². The Labute approximate surface area is 127 Å². The molecule has 5 nitrogen and oxygen atoms in total. The highest BCUT2D eigenvalue weighted by molar-refractivity contribution is 6.05. The molecule has 3 rings (SSSR count). The van der Waals surface area contributed by atoms with Gasteiger partial charge in [-0.1, -0.05) is 24.8 Å². The SMILES string of the molecule is C=C(C#N)C(=O)Nc1ccccc1.c1cnc2[nH]ccc2c1. The number of para-hydroxylation sites is 1. The topological polar surface area (TPSA) is 81.6 Å². The number of benzene rings is 1. The highest BCUT2D eigenvalue weighted by Gasteiger charge is 2.04. The minimum atomic E-state index is -0.464. The zero-order valence-electron chi connectivity index (χ0n) is 11.8. The van der Waals surface area contributed by atoms with Gasteiger partial charge < -0.3 is 10.3 Å². The molecule has 0 saturated carbocycles. The first-order valence-electron chi connectivity index (χ1n) is 6.54. The van der Waals surface area contributed by atoms with Gasteiger partial charge in [0.25, 0.3) is 5.91 Å². The molecule has 0 spiro atoms. The van der Waals surface area contributed by atoms with Crippen LogP contribution < -0.4 is 5.32 Å². The third-order valence-electron chi connectivity index (χ3n) is 2.76. The van der Waals surface area contributed by atoms with Crippen LogP contribution in [0.2, 0.25) is 0 Å². The summed E-state index contributed by atoms with van der Waals surface area (Å²) in [5.74, 6) is -0.464. The van der Waals surface area contributed by atoms with Crippen LogP contribution >= 0.6 is 0 Å². The number of carbonyl (C=O) groups excluding carboxylic acids is 1. The fourth-order valence-corrected chi connectivity index (χ4v) is 1.66. The fraction of sp³-hybridized carbons (Fsp3) is 0. The molecule has 2 N–H and O–H groups in total. The van der Waals surface area contributed by atoms with Gasteiger partial charge in [-0.2, -0.15) is 5.26 Å². The maximum Gasteiger partial charge on any atom is 0.265 e. The number of hydrogen-bond acceptors (Lipinski definition) is 3. The Morgan fingerprint density at radius 3 is 2.64 bits per heavy atom. The number of anilines is 1. The van der Waals surface area contributed by atoms with Crippen molar-refractivity contribution in [3.63, 3.8) is 0 Å². The quantitative estimate of drug-likeness (QED) is 0.561. The van der Waals surface area contributed by atoms with Gasteiger partial charge in [0.05, 0.1) is 0 Å². The molecule has 0 bridgehead atoms. The molecule has 1 aromatic carbocycles. The van der Waals surface area contributed by atoms with Crippen molar-refractivity contribution >= 4 is 22.6 Å². The average Bonchev–Trinajstić information content (AvgIpc) is 3.04. The fourth-order valence-electron chi connectivity index (χ4n) is 1.66. The van der Waals surface area contributed by atoms with E-state index >= 15 is 0 Å². The Hall–Kier alpha value is -3.39. The van der Waals surface area contributed by atoms with Gasteiger partial charge in [-0.05, 0) is 30.3 Å². The molecule has 0 atom stereocenters. The van der Waals surface area contributed by atoms with Gasteiger partial charge >= 0.3 is 0 Å². The van der Waals surface area contributed by atoms with Gasteiger partial charge in [0.15, 0.2) is 0 Å². The van der Waals surface area contributed by atoms with E-state index in [4.69, 9.17) is 5.26 Å². The van der Waals surface area contributed by atoms with E-state index in [0.29, 0.717) is 5.69 Å². The van der Waals surface area contributed by atoms with Crippen LogP contribution in [0.3, 0.4) is 0 Å². The zero-order valence-corrected chi connectivity index (χ0v) is 11.8. The third kappa shape index (κ3) is 4.05. The van der Waals surface area contributed by atoms with E-state index in [1.807, 2.05) is 30.5 Å². The summed E-state index contributed by atoms with van der Waals surface area (Å²) in [5.41, 5.74) is 1.52. The van der Waals surface area contributed by atoms with Gasteiger partial charge in [-0.15, -0.1) is 0 Å². The lowest BCUT2D eigenvalue weighted by molar-refractivity contribution is -0.112. The molecule has 0 fully saturated rings. The average molecular weight is 290 g/mol. The van der Waals surface area contributed by atoms with E-state index in [2.05, 4.69) is 21.9 Å². The molecular weight excluding hydrogens is 276 g/mol. The van der Waals surface area contributed by atoms with Crippen LogP contribution in [0.4, 0.5) is 5.69 Å². The lowest BCUT2D eigenvalue weighted by Crippen LogP contribution is -2.12. The van der Waals surface area contributed by atoms with E-state index in [-0.39, 0.29) is 5.57 Å². The van der Waals surface area contributed by atoms with Crippen molar-refractivity contribution in [1.29, 1.82) is 5.26 Å². The van der Waals surface area contributed by atoms with E-state index in [1.165, 1.54) is 0 Å². The van der Waals surface area contributed by atoms with E-state index in [1.54, 1.807) is 36.5 Å². The third-order valence-corrected chi connectivity index (χ3v) is 2.76. The zero-order chi connectivity index (χ0) is 15.8. The number of nitrogens with zero attached hydrogens (tertiary/aromatic N) is 2. The Bertz CT molecular complexity index is 785. The maximum absolute atomic E-state index is 11.1. The number of rotatable bonds is 2. The molecule has 108 valence electrons. The molecule has 0 aliphatic rings. The van der Waals surface area contributed by atoms with Crippen molar-refractivity contribution in [2.75, 3.05) is 5.32 Å². The van der Waals surface area contributed by atoms with Crippen molar-refractivity contribution in [2.45, 2.75) is 0 Å². The molecule has 0 aliphatic carbocycles. The molecule has 0 saturated heterocycles. The second-order valence-electron chi connectivity index (χ2n) is 4.33. The van der Waals surface area contributed by atoms with Crippen molar-refractivity contribution in [2.24, 2.45) is 0 Å². The van der Waals surface area contributed by atoms with Crippen molar-refractivity contribution < 1.29 is 4.79 Å². The molecule has 3 aromatic rings. The van der Waals surface area contributed by atoms with Crippen LogP contribution in [0.5, 0.6) is 0 Å². The molecule has 22 heavy (non-hydrogen) atoms. The number of aromatic amines is 1. The minimum Gasteiger partial charge on any atom is -0.346 e. The molecular formula is C17H14N4O. The summed E-state index contributed by atoms with van der Waals surface area (Å²) in [4.78, 5) is 18.2.